The standard InChI is InChI=1S/C28H23F3N2O5S2/c29-28(30,31)23-8-4-5-20(17-23)18-33(26(34)27(35)36)24-13-14-25(39-24)40(37,38)32-16-15-19-9-11-22(12-10-19)21-6-2-1-3-7-21/h1-14,17,32H,15-16,18H2,(H,35,36). The molecule has 0 aliphatic heterocycles. The number of rotatable bonds is 9. The van der Waals surface area contributed by atoms with Gasteiger partial charge in [-0.3, -0.25) is 9.69 Å². The Balaban J connectivity index is 1.45. The summed E-state index contributed by atoms with van der Waals surface area (Å²) in [6.07, 6.45) is -4.22. The van der Waals surface area contributed by atoms with Gasteiger partial charge in [0.1, 0.15) is 4.21 Å². The fraction of sp³-hybridized carbons (Fsp3) is 0.143. The number of thiophene rings is 1. The maximum atomic E-state index is 13.1. The van der Waals surface area contributed by atoms with Gasteiger partial charge in [-0.2, -0.15) is 13.2 Å². The van der Waals surface area contributed by atoms with Crippen LogP contribution in [0.5, 0.6) is 0 Å². The minimum atomic E-state index is -4.63. The first-order valence-electron chi connectivity index (χ1n) is 11.9. The first kappa shape index (κ1) is 29.0. The molecule has 0 bridgehead atoms. The van der Waals surface area contributed by atoms with E-state index >= 15 is 0 Å². The summed E-state index contributed by atoms with van der Waals surface area (Å²) in [5.74, 6) is -3.24. The van der Waals surface area contributed by atoms with Gasteiger partial charge >= 0.3 is 18.1 Å². The van der Waals surface area contributed by atoms with Crippen molar-refractivity contribution in [3.8, 4) is 11.1 Å². The lowest BCUT2D eigenvalue weighted by Crippen LogP contribution is -2.35. The van der Waals surface area contributed by atoms with E-state index in [-0.39, 0.29) is 21.3 Å². The lowest BCUT2D eigenvalue weighted by atomic mass is 10.0. The van der Waals surface area contributed by atoms with E-state index in [1.54, 1.807) is 0 Å². The molecule has 0 saturated heterocycles. The predicted molar refractivity (Wildman–Crippen MR) is 145 cm³/mol. The van der Waals surface area contributed by atoms with Crippen molar-refractivity contribution in [1.29, 1.82) is 0 Å². The summed E-state index contributed by atoms with van der Waals surface area (Å²) in [5, 5.41) is 9.21. The van der Waals surface area contributed by atoms with Gasteiger partial charge in [-0.25, -0.2) is 17.9 Å². The van der Waals surface area contributed by atoms with E-state index < -0.39 is 40.2 Å². The molecular formula is C28H23F3N2O5S2. The van der Waals surface area contributed by atoms with Crippen LogP contribution in [0.1, 0.15) is 16.7 Å². The molecule has 4 rings (SSSR count). The van der Waals surface area contributed by atoms with E-state index in [4.69, 9.17) is 0 Å². The molecule has 3 aromatic carbocycles. The van der Waals surface area contributed by atoms with Crippen molar-refractivity contribution in [3.63, 3.8) is 0 Å². The number of hydrogen-bond acceptors (Lipinski definition) is 5. The highest BCUT2D eigenvalue weighted by Gasteiger charge is 2.31. The molecular weight excluding hydrogens is 565 g/mol. The van der Waals surface area contributed by atoms with Crippen LogP contribution in [-0.4, -0.2) is 31.9 Å². The van der Waals surface area contributed by atoms with Crippen molar-refractivity contribution >= 4 is 38.2 Å². The number of anilines is 1. The number of nitrogens with zero attached hydrogens (tertiary/aromatic N) is 1. The molecule has 0 saturated carbocycles. The zero-order valence-corrected chi connectivity index (χ0v) is 22.4. The van der Waals surface area contributed by atoms with Gasteiger partial charge in [0.05, 0.1) is 17.1 Å². The molecule has 7 nitrogen and oxygen atoms in total. The molecule has 0 radical (unpaired) electrons. The highest BCUT2D eigenvalue weighted by molar-refractivity contribution is 7.91. The predicted octanol–water partition coefficient (Wildman–Crippen LogP) is 5.57. The smallest absolute Gasteiger partial charge is 0.416 e. The first-order chi connectivity index (χ1) is 18.9. The minimum Gasteiger partial charge on any atom is -0.474 e. The molecule has 0 aliphatic carbocycles. The van der Waals surface area contributed by atoms with Gasteiger partial charge in [0.2, 0.25) is 10.0 Å². The Morgan fingerprint density at radius 1 is 0.850 bits per heavy atom. The van der Waals surface area contributed by atoms with Crippen molar-refractivity contribution in [3.05, 3.63) is 108 Å². The third-order valence-corrected chi connectivity index (χ3v) is 8.95. The lowest BCUT2D eigenvalue weighted by molar-refractivity contribution is -0.148. The SMILES string of the molecule is O=C(O)C(=O)N(Cc1cccc(C(F)(F)F)c1)c1ccc(S(=O)(=O)NCCc2ccc(-c3ccccc3)cc2)s1. The number of amides is 1. The maximum absolute atomic E-state index is 13.1. The number of nitrogens with one attached hydrogen (secondary N) is 1. The summed E-state index contributed by atoms with van der Waals surface area (Å²) < 4.78 is 67.4. The summed E-state index contributed by atoms with van der Waals surface area (Å²) in [5.41, 5.74) is 2.07. The number of sulfonamides is 1. The summed E-state index contributed by atoms with van der Waals surface area (Å²) in [6.45, 7) is -0.413. The molecule has 208 valence electrons. The molecule has 1 heterocycles. The Bertz CT molecular complexity index is 1600. The molecule has 0 spiro atoms. The topological polar surface area (TPSA) is 104 Å². The van der Waals surface area contributed by atoms with Crippen molar-refractivity contribution in [1.82, 2.24) is 4.72 Å². The van der Waals surface area contributed by atoms with Crippen LogP contribution in [0, 0.1) is 0 Å². The summed E-state index contributed by atoms with van der Waals surface area (Å²) in [4.78, 5) is 24.5. The molecule has 40 heavy (non-hydrogen) atoms. The van der Waals surface area contributed by atoms with Crippen LogP contribution in [-0.2, 0) is 38.8 Å². The van der Waals surface area contributed by atoms with E-state index in [1.807, 2.05) is 54.6 Å². The molecule has 0 unspecified atom stereocenters. The highest BCUT2D eigenvalue weighted by Crippen LogP contribution is 2.33. The van der Waals surface area contributed by atoms with Crippen LogP contribution in [0.15, 0.2) is 95.2 Å². The monoisotopic (exact) mass is 588 g/mol. The molecule has 2 N–H and O–H groups in total. The second-order valence-electron chi connectivity index (χ2n) is 8.70. The zero-order valence-electron chi connectivity index (χ0n) is 20.8. The second kappa shape index (κ2) is 12.0. The number of carbonyl (C=O) groups excluding carboxylic acids is 1. The van der Waals surface area contributed by atoms with Crippen LogP contribution in [0.4, 0.5) is 18.2 Å². The van der Waals surface area contributed by atoms with Gasteiger partial charge in [-0.05, 0) is 52.9 Å². The number of aliphatic carboxylic acids is 1. The van der Waals surface area contributed by atoms with Gasteiger partial charge in [0.15, 0.2) is 0 Å². The number of carboxylic acids is 1. The molecule has 0 fully saturated rings. The Hall–Kier alpha value is -4.00. The van der Waals surface area contributed by atoms with E-state index in [0.717, 1.165) is 39.8 Å². The zero-order chi connectivity index (χ0) is 28.9. The second-order valence-corrected chi connectivity index (χ2v) is 11.8. The molecule has 0 atom stereocenters. The number of benzene rings is 3. The maximum Gasteiger partial charge on any atom is 0.416 e. The van der Waals surface area contributed by atoms with E-state index in [0.29, 0.717) is 17.8 Å². The van der Waals surface area contributed by atoms with Gasteiger partial charge < -0.3 is 5.11 Å². The van der Waals surface area contributed by atoms with Crippen molar-refractivity contribution in [2.75, 3.05) is 11.4 Å². The summed E-state index contributed by atoms with van der Waals surface area (Å²) in [7, 11) is -4.00. The van der Waals surface area contributed by atoms with Crippen molar-refractivity contribution < 1.29 is 36.3 Å². The summed E-state index contributed by atoms with van der Waals surface area (Å²) in [6, 6.07) is 24.1. The third kappa shape index (κ3) is 7.14. The van der Waals surface area contributed by atoms with Gasteiger partial charge in [-0.15, -0.1) is 11.3 Å². The first-order valence-corrected chi connectivity index (χ1v) is 14.2. The molecule has 1 aromatic heterocycles. The van der Waals surface area contributed by atoms with E-state index in [9.17, 15) is 36.3 Å². The quantitative estimate of drug-likeness (QED) is 0.249. The number of carboxylic acid groups (broad SMARTS) is 1. The van der Waals surface area contributed by atoms with Crippen molar-refractivity contribution in [2.24, 2.45) is 0 Å². The van der Waals surface area contributed by atoms with E-state index in [2.05, 4.69) is 4.72 Å². The van der Waals surface area contributed by atoms with Crippen LogP contribution < -0.4 is 9.62 Å². The number of alkyl halides is 3. The van der Waals surface area contributed by atoms with Crippen LogP contribution in [0.25, 0.3) is 11.1 Å². The van der Waals surface area contributed by atoms with Gasteiger partial charge in [-0.1, -0.05) is 66.7 Å². The molecule has 1 amide bonds. The normalized spacial score (nSPS) is 11.8. The van der Waals surface area contributed by atoms with Gasteiger partial charge in [0.25, 0.3) is 0 Å². The Kier molecular flexibility index (Phi) is 8.72. The Labute approximate surface area is 232 Å². The number of halogens is 3. The largest absolute Gasteiger partial charge is 0.474 e. The van der Waals surface area contributed by atoms with Crippen LogP contribution in [0.3, 0.4) is 0 Å². The van der Waals surface area contributed by atoms with Gasteiger partial charge in [0, 0.05) is 6.54 Å². The molecule has 12 heteroatoms. The average Bonchev–Trinajstić information content (AvgIpc) is 3.43. The average molecular weight is 589 g/mol. The van der Waals surface area contributed by atoms with Crippen LogP contribution in [0.2, 0.25) is 0 Å². The number of hydrogen-bond donors (Lipinski definition) is 2. The lowest BCUT2D eigenvalue weighted by Gasteiger charge is -2.19. The third-order valence-electron chi connectivity index (χ3n) is 5.89. The van der Waals surface area contributed by atoms with Crippen molar-refractivity contribution in [2.45, 2.75) is 23.4 Å². The minimum absolute atomic E-state index is 0.0265. The Morgan fingerprint density at radius 3 is 2.17 bits per heavy atom. The Morgan fingerprint density at radius 2 is 1.52 bits per heavy atom. The fourth-order valence-corrected chi connectivity index (χ4v) is 6.26. The number of carbonyl (C=O) groups is 2. The van der Waals surface area contributed by atoms with Crippen LogP contribution >= 0.6 is 11.3 Å². The molecule has 4 aromatic rings. The molecule has 0 aliphatic rings. The fourth-order valence-electron chi connectivity index (χ4n) is 3.89. The van der Waals surface area contributed by atoms with E-state index in [1.165, 1.54) is 18.2 Å². The highest BCUT2D eigenvalue weighted by atomic mass is 32.2. The summed E-state index contributed by atoms with van der Waals surface area (Å²) >= 11 is 0.638.